The number of carbonyl (C=O) groups is 1. The van der Waals surface area contributed by atoms with Gasteiger partial charge < -0.3 is 5.32 Å². The number of hydrogen-bond donors (Lipinski definition) is 1. The molecule has 0 unspecified atom stereocenters. The normalized spacial score (nSPS) is 14.0. The smallest absolute Gasteiger partial charge is 0.265 e. The Kier molecular flexibility index (Phi) is 3.70. The summed E-state index contributed by atoms with van der Waals surface area (Å²) in [5.74, 6) is 0.656. The topological polar surface area (TPSA) is 72.7 Å². The van der Waals surface area contributed by atoms with Gasteiger partial charge in [-0.1, -0.05) is 0 Å². The Morgan fingerprint density at radius 1 is 1.22 bits per heavy atom. The Labute approximate surface area is 144 Å². The Bertz CT molecular complexity index is 853. The van der Waals surface area contributed by atoms with Crippen LogP contribution >= 0.6 is 27.3 Å². The van der Waals surface area contributed by atoms with Gasteiger partial charge in [-0.05, 0) is 75.6 Å². The van der Waals surface area contributed by atoms with Gasteiger partial charge in [-0.25, -0.2) is 4.68 Å². The third-order valence-corrected chi connectivity index (χ3v) is 5.21. The summed E-state index contributed by atoms with van der Waals surface area (Å²) < 4.78 is 2.81. The summed E-state index contributed by atoms with van der Waals surface area (Å²) in [6.07, 6.45) is 2.26. The summed E-state index contributed by atoms with van der Waals surface area (Å²) in [6.45, 7) is 0. The number of amides is 1. The van der Waals surface area contributed by atoms with E-state index in [9.17, 15) is 4.79 Å². The number of nitrogens with one attached hydrogen (secondary N) is 1. The Hall–Kier alpha value is -2.06. The first-order chi connectivity index (χ1) is 11.2. The van der Waals surface area contributed by atoms with Crippen molar-refractivity contribution >= 4 is 38.9 Å². The van der Waals surface area contributed by atoms with Crippen molar-refractivity contribution in [2.24, 2.45) is 0 Å². The summed E-state index contributed by atoms with van der Waals surface area (Å²) in [4.78, 5) is 12.8. The molecule has 2 aromatic heterocycles. The molecule has 0 saturated heterocycles. The van der Waals surface area contributed by atoms with Gasteiger partial charge in [-0.3, -0.25) is 4.79 Å². The molecule has 2 heterocycles. The van der Waals surface area contributed by atoms with Crippen LogP contribution in [0.5, 0.6) is 0 Å². The second kappa shape index (κ2) is 5.86. The van der Waals surface area contributed by atoms with Crippen LogP contribution in [0.25, 0.3) is 11.4 Å². The lowest BCUT2D eigenvalue weighted by atomic mass is 10.2. The first-order valence-electron chi connectivity index (χ1n) is 7.16. The van der Waals surface area contributed by atoms with Gasteiger partial charge in [0.1, 0.15) is 0 Å². The number of hydrogen-bond acceptors (Lipinski definition) is 5. The average molecular weight is 390 g/mol. The Morgan fingerprint density at radius 3 is 2.65 bits per heavy atom. The summed E-state index contributed by atoms with van der Waals surface area (Å²) in [5.41, 5.74) is 1.69. The van der Waals surface area contributed by atoms with Crippen LogP contribution in [0.1, 0.15) is 28.6 Å². The predicted molar refractivity (Wildman–Crippen MR) is 91.5 cm³/mol. The van der Waals surface area contributed by atoms with E-state index < -0.39 is 0 Å². The van der Waals surface area contributed by atoms with Crippen molar-refractivity contribution in [1.29, 1.82) is 0 Å². The fourth-order valence-corrected chi connectivity index (χ4v) is 3.56. The maximum absolute atomic E-state index is 12.1. The van der Waals surface area contributed by atoms with Crippen molar-refractivity contribution in [2.45, 2.75) is 18.9 Å². The zero-order valence-corrected chi connectivity index (χ0v) is 14.3. The monoisotopic (exact) mass is 389 g/mol. The number of nitrogens with zero attached hydrogens (tertiary/aromatic N) is 4. The van der Waals surface area contributed by atoms with Gasteiger partial charge >= 0.3 is 0 Å². The second-order valence-corrected chi connectivity index (χ2v) is 7.78. The minimum absolute atomic E-state index is 0.115. The lowest BCUT2D eigenvalue weighted by Gasteiger charge is -2.06. The van der Waals surface area contributed by atoms with Gasteiger partial charge in [-0.2, -0.15) is 0 Å². The van der Waals surface area contributed by atoms with Crippen molar-refractivity contribution in [3.63, 3.8) is 0 Å². The first-order valence-corrected chi connectivity index (χ1v) is 8.76. The van der Waals surface area contributed by atoms with E-state index in [2.05, 4.69) is 36.8 Å². The van der Waals surface area contributed by atoms with Gasteiger partial charge in [-0.15, -0.1) is 16.4 Å². The van der Waals surface area contributed by atoms with Crippen LogP contribution < -0.4 is 5.32 Å². The zero-order valence-electron chi connectivity index (χ0n) is 11.9. The summed E-state index contributed by atoms with van der Waals surface area (Å²) in [5, 5.41) is 14.8. The third-order valence-electron chi connectivity index (χ3n) is 3.58. The standard InChI is InChI=1S/C15H12BrN5OS/c16-13-8-7-12(23-13)15(22)17-10-3-1-9(2-4-10)14-18-19-20-21(14)11-5-6-11/h1-4,7-8,11H,5-6H2,(H,17,22). The number of thiophene rings is 1. The third kappa shape index (κ3) is 3.04. The lowest BCUT2D eigenvalue weighted by molar-refractivity contribution is 0.103. The average Bonchev–Trinajstić information content (AvgIpc) is 3.11. The molecule has 1 amide bonds. The van der Waals surface area contributed by atoms with Gasteiger partial charge in [0, 0.05) is 11.3 Å². The van der Waals surface area contributed by atoms with Gasteiger partial charge in [0.15, 0.2) is 5.82 Å². The highest BCUT2D eigenvalue weighted by Crippen LogP contribution is 2.36. The molecule has 1 saturated carbocycles. The maximum atomic E-state index is 12.1. The fraction of sp³-hybridized carbons (Fsp3) is 0.200. The molecule has 23 heavy (non-hydrogen) atoms. The maximum Gasteiger partial charge on any atom is 0.265 e. The van der Waals surface area contributed by atoms with Crippen LogP contribution in [-0.4, -0.2) is 26.1 Å². The van der Waals surface area contributed by atoms with Crippen molar-refractivity contribution in [1.82, 2.24) is 20.2 Å². The van der Waals surface area contributed by atoms with Crippen molar-refractivity contribution in [3.05, 3.63) is 45.1 Å². The quantitative estimate of drug-likeness (QED) is 0.737. The number of carbonyl (C=O) groups excluding carboxylic acids is 1. The van der Waals surface area contributed by atoms with Crippen molar-refractivity contribution in [2.75, 3.05) is 5.32 Å². The zero-order chi connectivity index (χ0) is 15.8. The van der Waals surface area contributed by atoms with Gasteiger partial charge in [0.25, 0.3) is 5.91 Å². The molecule has 4 rings (SSSR count). The molecule has 1 aliphatic carbocycles. The Balaban J connectivity index is 1.51. The molecule has 1 fully saturated rings. The first kappa shape index (κ1) is 14.5. The molecule has 0 bridgehead atoms. The molecule has 1 aromatic carbocycles. The number of halogens is 1. The van der Waals surface area contributed by atoms with Crippen LogP contribution in [0.2, 0.25) is 0 Å². The van der Waals surface area contributed by atoms with E-state index in [1.807, 2.05) is 35.0 Å². The van der Waals surface area contributed by atoms with Crippen molar-refractivity contribution in [3.8, 4) is 11.4 Å². The highest BCUT2D eigenvalue weighted by molar-refractivity contribution is 9.11. The van der Waals surface area contributed by atoms with E-state index in [0.29, 0.717) is 10.9 Å². The minimum Gasteiger partial charge on any atom is -0.321 e. The molecule has 116 valence electrons. The van der Waals surface area contributed by atoms with E-state index in [1.54, 1.807) is 6.07 Å². The van der Waals surface area contributed by atoms with E-state index >= 15 is 0 Å². The fourth-order valence-electron chi connectivity index (χ4n) is 2.28. The largest absolute Gasteiger partial charge is 0.321 e. The van der Waals surface area contributed by atoms with Crippen LogP contribution in [0, 0.1) is 0 Å². The molecule has 0 atom stereocenters. The summed E-state index contributed by atoms with van der Waals surface area (Å²) in [7, 11) is 0. The Morgan fingerprint density at radius 2 is 2.00 bits per heavy atom. The molecule has 1 N–H and O–H groups in total. The molecule has 0 aliphatic heterocycles. The number of tetrazole rings is 1. The van der Waals surface area contributed by atoms with Gasteiger partial charge in [0.05, 0.1) is 14.7 Å². The van der Waals surface area contributed by atoms with Crippen LogP contribution in [0.3, 0.4) is 0 Å². The van der Waals surface area contributed by atoms with Crippen molar-refractivity contribution < 1.29 is 4.79 Å². The lowest BCUT2D eigenvalue weighted by Crippen LogP contribution is -2.09. The summed E-state index contributed by atoms with van der Waals surface area (Å²) in [6, 6.07) is 11.7. The van der Waals surface area contributed by atoms with E-state index in [-0.39, 0.29) is 5.91 Å². The van der Waals surface area contributed by atoms with E-state index in [1.165, 1.54) is 11.3 Å². The highest BCUT2D eigenvalue weighted by Gasteiger charge is 2.28. The molecule has 1 aliphatic rings. The SMILES string of the molecule is O=C(Nc1ccc(-c2nnnn2C2CC2)cc1)c1ccc(Br)s1. The molecule has 3 aromatic rings. The number of rotatable bonds is 4. The number of anilines is 1. The highest BCUT2D eigenvalue weighted by atomic mass is 79.9. The van der Waals surface area contributed by atoms with E-state index in [4.69, 9.17) is 0 Å². The second-order valence-electron chi connectivity index (χ2n) is 5.31. The molecule has 0 radical (unpaired) electrons. The van der Waals surface area contributed by atoms with Crippen LogP contribution in [0.15, 0.2) is 40.2 Å². The predicted octanol–water partition coefficient (Wildman–Crippen LogP) is 3.75. The molecular weight excluding hydrogens is 378 g/mol. The summed E-state index contributed by atoms with van der Waals surface area (Å²) >= 11 is 4.76. The van der Waals surface area contributed by atoms with Crippen LogP contribution in [0.4, 0.5) is 5.69 Å². The van der Waals surface area contributed by atoms with Gasteiger partial charge in [0.2, 0.25) is 0 Å². The van der Waals surface area contributed by atoms with E-state index in [0.717, 1.165) is 33.7 Å². The minimum atomic E-state index is -0.115. The molecular formula is C15H12BrN5OS. The molecule has 8 heteroatoms. The molecule has 0 spiro atoms. The van der Waals surface area contributed by atoms with Crippen LogP contribution in [-0.2, 0) is 0 Å². The number of benzene rings is 1. The number of aromatic nitrogens is 4. The molecule has 6 nitrogen and oxygen atoms in total.